The van der Waals surface area contributed by atoms with Crippen LogP contribution in [0.4, 0.5) is 5.69 Å². The number of fused-ring (bicyclic) bond motifs is 1. The van der Waals surface area contributed by atoms with Gasteiger partial charge in [-0.25, -0.2) is 0 Å². The molecule has 5 heteroatoms. The summed E-state index contributed by atoms with van der Waals surface area (Å²) in [4.78, 5) is 11.3. The van der Waals surface area contributed by atoms with E-state index in [1.165, 1.54) is 0 Å². The molecule has 1 atom stereocenters. The van der Waals surface area contributed by atoms with Gasteiger partial charge >= 0.3 is 5.97 Å². The molecule has 0 aliphatic carbocycles. The number of rotatable bonds is 4. The quantitative estimate of drug-likeness (QED) is 0.634. The Morgan fingerprint density at radius 3 is 3.06 bits per heavy atom. The average molecular weight is 251 g/mol. The SMILES string of the molecule is CCOC(=O)CCC1(C)Nc2ccc(O)cc2O1. The van der Waals surface area contributed by atoms with Crippen LogP contribution in [0.15, 0.2) is 18.2 Å². The molecule has 2 rings (SSSR count). The first-order valence-corrected chi connectivity index (χ1v) is 5.98. The molecule has 18 heavy (non-hydrogen) atoms. The number of carbonyl (C=O) groups is 1. The van der Waals surface area contributed by atoms with Gasteiger partial charge in [0, 0.05) is 12.5 Å². The Hall–Kier alpha value is -1.91. The molecule has 98 valence electrons. The first-order valence-electron chi connectivity index (χ1n) is 5.98. The summed E-state index contributed by atoms with van der Waals surface area (Å²) in [7, 11) is 0. The minimum atomic E-state index is -0.636. The molecule has 1 aromatic carbocycles. The number of ether oxygens (including phenoxy) is 2. The maximum atomic E-state index is 11.3. The normalized spacial score (nSPS) is 20.8. The summed E-state index contributed by atoms with van der Waals surface area (Å²) in [5, 5.41) is 12.6. The lowest BCUT2D eigenvalue weighted by Crippen LogP contribution is -2.37. The third-order valence-corrected chi connectivity index (χ3v) is 2.81. The van der Waals surface area contributed by atoms with E-state index < -0.39 is 5.72 Å². The van der Waals surface area contributed by atoms with Gasteiger partial charge in [0.25, 0.3) is 0 Å². The predicted molar refractivity (Wildman–Crippen MR) is 66.6 cm³/mol. The molecule has 1 heterocycles. The third kappa shape index (κ3) is 2.67. The Morgan fingerprint density at radius 1 is 1.56 bits per heavy atom. The summed E-state index contributed by atoms with van der Waals surface area (Å²) in [6, 6.07) is 4.89. The van der Waals surface area contributed by atoms with E-state index in [2.05, 4.69) is 5.32 Å². The van der Waals surface area contributed by atoms with E-state index in [9.17, 15) is 9.90 Å². The first-order chi connectivity index (χ1) is 8.52. The van der Waals surface area contributed by atoms with Gasteiger partial charge in [0.2, 0.25) is 0 Å². The highest BCUT2D eigenvalue weighted by Crippen LogP contribution is 2.40. The van der Waals surface area contributed by atoms with E-state index in [0.717, 1.165) is 5.69 Å². The van der Waals surface area contributed by atoms with Gasteiger partial charge in [-0.3, -0.25) is 4.79 Å². The fourth-order valence-corrected chi connectivity index (χ4v) is 1.94. The minimum absolute atomic E-state index is 0.158. The number of benzene rings is 1. The number of phenols is 1. The van der Waals surface area contributed by atoms with Crippen LogP contribution in [0.2, 0.25) is 0 Å². The largest absolute Gasteiger partial charge is 0.508 e. The highest BCUT2D eigenvalue weighted by molar-refractivity contribution is 5.70. The van der Waals surface area contributed by atoms with Crippen LogP contribution in [-0.2, 0) is 9.53 Å². The van der Waals surface area contributed by atoms with Crippen LogP contribution in [0.1, 0.15) is 26.7 Å². The summed E-state index contributed by atoms with van der Waals surface area (Å²) in [6.07, 6.45) is 0.790. The second kappa shape index (κ2) is 4.76. The van der Waals surface area contributed by atoms with Gasteiger partial charge in [-0.1, -0.05) is 0 Å². The van der Waals surface area contributed by atoms with Crippen LogP contribution in [0.5, 0.6) is 11.5 Å². The van der Waals surface area contributed by atoms with Crippen molar-refractivity contribution < 1.29 is 19.4 Å². The topological polar surface area (TPSA) is 67.8 Å². The molecular weight excluding hydrogens is 234 g/mol. The monoisotopic (exact) mass is 251 g/mol. The number of phenolic OH excluding ortho intramolecular Hbond substituents is 1. The molecule has 0 amide bonds. The zero-order chi connectivity index (χ0) is 13.2. The first kappa shape index (κ1) is 12.5. The lowest BCUT2D eigenvalue weighted by atomic mass is 10.1. The standard InChI is InChI=1S/C13H17NO4/c1-3-17-12(16)6-7-13(2)14-10-5-4-9(15)8-11(10)18-13/h4-5,8,14-15H,3,6-7H2,1-2H3. The molecule has 0 bridgehead atoms. The predicted octanol–water partition coefficient (Wildman–Crippen LogP) is 2.26. The van der Waals surface area contributed by atoms with E-state index in [1.54, 1.807) is 25.1 Å². The number of carbonyl (C=O) groups excluding carboxylic acids is 1. The fraction of sp³-hybridized carbons (Fsp3) is 0.462. The summed E-state index contributed by atoms with van der Waals surface area (Å²) in [5.74, 6) is 0.523. The minimum Gasteiger partial charge on any atom is -0.508 e. The Kier molecular flexibility index (Phi) is 3.32. The van der Waals surface area contributed by atoms with Crippen molar-refractivity contribution in [3.8, 4) is 11.5 Å². The highest BCUT2D eigenvalue weighted by atomic mass is 16.5. The summed E-state index contributed by atoms with van der Waals surface area (Å²) in [5.41, 5.74) is 0.183. The second-order valence-electron chi connectivity index (χ2n) is 4.44. The average Bonchev–Trinajstić information content (AvgIpc) is 2.63. The van der Waals surface area contributed by atoms with E-state index in [0.29, 0.717) is 18.8 Å². The zero-order valence-corrected chi connectivity index (χ0v) is 10.5. The number of esters is 1. The molecule has 1 unspecified atom stereocenters. The molecule has 1 aliphatic rings. The highest BCUT2D eigenvalue weighted by Gasteiger charge is 2.34. The molecule has 0 aromatic heterocycles. The maximum absolute atomic E-state index is 11.3. The molecular formula is C13H17NO4. The summed E-state index contributed by atoms with van der Waals surface area (Å²) in [6.45, 7) is 4.03. The van der Waals surface area contributed by atoms with Gasteiger partial charge in [-0.15, -0.1) is 0 Å². The van der Waals surface area contributed by atoms with Crippen molar-refractivity contribution in [2.75, 3.05) is 11.9 Å². The van der Waals surface area contributed by atoms with Gasteiger partial charge in [0.05, 0.1) is 18.7 Å². The Labute approximate surface area is 106 Å². The van der Waals surface area contributed by atoms with E-state index >= 15 is 0 Å². The van der Waals surface area contributed by atoms with Gasteiger partial charge < -0.3 is 19.9 Å². The van der Waals surface area contributed by atoms with Crippen LogP contribution >= 0.6 is 0 Å². The van der Waals surface area contributed by atoms with Crippen LogP contribution < -0.4 is 10.1 Å². The smallest absolute Gasteiger partial charge is 0.306 e. The molecule has 5 nitrogen and oxygen atoms in total. The lowest BCUT2D eigenvalue weighted by molar-refractivity contribution is -0.144. The van der Waals surface area contributed by atoms with Crippen molar-refractivity contribution in [3.63, 3.8) is 0 Å². The van der Waals surface area contributed by atoms with Crippen LogP contribution in [0, 0.1) is 0 Å². The van der Waals surface area contributed by atoms with Crippen molar-refractivity contribution in [2.45, 2.75) is 32.4 Å². The number of hydrogen-bond acceptors (Lipinski definition) is 5. The van der Waals surface area contributed by atoms with Crippen molar-refractivity contribution in [1.29, 1.82) is 0 Å². The Balaban J connectivity index is 1.97. The maximum Gasteiger partial charge on any atom is 0.306 e. The number of nitrogens with one attached hydrogen (secondary N) is 1. The van der Waals surface area contributed by atoms with Crippen molar-refractivity contribution >= 4 is 11.7 Å². The Morgan fingerprint density at radius 2 is 2.33 bits per heavy atom. The zero-order valence-electron chi connectivity index (χ0n) is 10.5. The van der Waals surface area contributed by atoms with Crippen molar-refractivity contribution in [3.05, 3.63) is 18.2 Å². The molecule has 2 N–H and O–H groups in total. The Bertz CT molecular complexity index is 460. The fourth-order valence-electron chi connectivity index (χ4n) is 1.94. The molecule has 0 saturated heterocycles. The molecule has 1 aromatic rings. The van der Waals surface area contributed by atoms with Crippen LogP contribution in [-0.4, -0.2) is 23.4 Å². The lowest BCUT2D eigenvalue weighted by Gasteiger charge is -2.24. The van der Waals surface area contributed by atoms with E-state index in [-0.39, 0.29) is 18.1 Å². The molecule has 1 aliphatic heterocycles. The molecule has 0 radical (unpaired) electrons. The number of aromatic hydroxyl groups is 1. The summed E-state index contributed by atoms with van der Waals surface area (Å²) < 4.78 is 10.6. The number of hydrogen-bond donors (Lipinski definition) is 2. The van der Waals surface area contributed by atoms with Gasteiger partial charge in [0.15, 0.2) is 5.72 Å². The van der Waals surface area contributed by atoms with Gasteiger partial charge in [-0.2, -0.15) is 0 Å². The number of anilines is 1. The van der Waals surface area contributed by atoms with Crippen LogP contribution in [0.25, 0.3) is 0 Å². The molecule has 0 spiro atoms. The van der Waals surface area contributed by atoms with Crippen molar-refractivity contribution in [2.24, 2.45) is 0 Å². The third-order valence-electron chi connectivity index (χ3n) is 2.81. The summed E-state index contributed by atoms with van der Waals surface area (Å²) >= 11 is 0. The molecule has 0 saturated carbocycles. The van der Waals surface area contributed by atoms with Crippen molar-refractivity contribution in [1.82, 2.24) is 0 Å². The van der Waals surface area contributed by atoms with E-state index in [4.69, 9.17) is 9.47 Å². The second-order valence-corrected chi connectivity index (χ2v) is 4.44. The molecule has 0 fully saturated rings. The van der Waals surface area contributed by atoms with Gasteiger partial charge in [0.1, 0.15) is 11.5 Å². The van der Waals surface area contributed by atoms with Crippen LogP contribution in [0.3, 0.4) is 0 Å². The van der Waals surface area contributed by atoms with E-state index in [1.807, 2.05) is 6.92 Å². The van der Waals surface area contributed by atoms with Gasteiger partial charge in [-0.05, 0) is 26.0 Å².